The predicted octanol–water partition coefficient (Wildman–Crippen LogP) is 3.87. The summed E-state index contributed by atoms with van der Waals surface area (Å²) in [6.07, 6.45) is 7.07. The van der Waals surface area contributed by atoms with Gasteiger partial charge in [-0.05, 0) is 36.6 Å². The maximum absolute atomic E-state index is 4.73. The van der Waals surface area contributed by atoms with Gasteiger partial charge in [0.05, 0.1) is 11.2 Å². The van der Waals surface area contributed by atoms with Crippen molar-refractivity contribution in [3.05, 3.63) is 59.9 Å². The number of anilines is 1. The van der Waals surface area contributed by atoms with E-state index in [9.17, 15) is 0 Å². The largest absolute Gasteiger partial charge is 0.356 e. The first-order valence-corrected chi connectivity index (χ1v) is 7.17. The second-order valence-electron chi connectivity index (χ2n) is 5.67. The first-order chi connectivity index (χ1) is 9.40. The molecule has 1 aromatic carbocycles. The van der Waals surface area contributed by atoms with Crippen molar-refractivity contribution in [3.8, 4) is 0 Å². The Hall–Kier alpha value is -1.83. The highest BCUT2D eigenvalue weighted by Crippen LogP contribution is 2.50. The number of hydrogen-bond donors (Lipinski definition) is 0. The summed E-state index contributed by atoms with van der Waals surface area (Å²) >= 11 is 0. The molecule has 1 fully saturated rings. The number of rotatable bonds is 1. The summed E-state index contributed by atoms with van der Waals surface area (Å²) < 4.78 is 0. The van der Waals surface area contributed by atoms with Crippen LogP contribution in [0.2, 0.25) is 0 Å². The summed E-state index contributed by atoms with van der Waals surface area (Å²) in [6, 6.07) is 15.1. The average Bonchev–Trinajstić information content (AvgIpc) is 3.08. The fraction of sp³-hybridized carbons (Fsp3) is 0.353. The number of pyridine rings is 1. The SMILES string of the molecule is c1ccc(N2Cc3cccnc3C23CCCC3)cc1. The third-order valence-corrected chi connectivity index (χ3v) is 4.68. The molecule has 0 amide bonds. The van der Waals surface area contributed by atoms with Gasteiger partial charge in [0.15, 0.2) is 0 Å². The van der Waals surface area contributed by atoms with Crippen LogP contribution in [0.4, 0.5) is 5.69 Å². The van der Waals surface area contributed by atoms with E-state index in [1.165, 1.54) is 42.6 Å². The van der Waals surface area contributed by atoms with E-state index in [2.05, 4.69) is 47.4 Å². The van der Waals surface area contributed by atoms with Crippen LogP contribution in [0, 0.1) is 0 Å². The molecular weight excluding hydrogens is 232 g/mol. The monoisotopic (exact) mass is 250 g/mol. The standard InChI is InChI=1S/C17H18N2/c1-2-8-15(9-3-1)19-13-14-7-6-12-18-16(14)17(19)10-4-5-11-17/h1-3,6-9,12H,4-5,10-11,13H2. The molecule has 96 valence electrons. The van der Waals surface area contributed by atoms with Crippen molar-refractivity contribution in [3.63, 3.8) is 0 Å². The van der Waals surface area contributed by atoms with Gasteiger partial charge < -0.3 is 4.90 Å². The van der Waals surface area contributed by atoms with Gasteiger partial charge in [-0.1, -0.05) is 37.1 Å². The first-order valence-electron chi connectivity index (χ1n) is 7.17. The Morgan fingerprint density at radius 1 is 0.947 bits per heavy atom. The van der Waals surface area contributed by atoms with E-state index in [0.717, 1.165) is 6.54 Å². The fourth-order valence-corrected chi connectivity index (χ4v) is 3.85. The Labute approximate surface area is 114 Å². The van der Waals surface area contributed by atoms with Gasteiger partial charge >= 0.3 is 0 Å². The zero-order valence-electron chi connectivity index (χ0n) is 11.0. The lowest BCUT2D eigenvalue weighted by atomic mass is 9.92. The van der Waals surface area contributed by atoms with Crippen LogP contribution >= 0.6 is 0 Å². The van der Waals surface area contributed by atoms with Crippen LogP contribution in [-0.2, 0) is 12.1 Å². The van der Waals surface area contributed by atoms with Crippen molar-refractivity contribution in [2.45, 2.75) is 37.8 Å². The second-order valence-corrected chi connectivity index (χ2v) is 5.67. The number of benzene rings is 1. The molecule has 2 aliphatic rings. The zero-order valence-corrected chi connectivity index (χ0v) is 11.0. The Morgan fingerprint density at radius 2 is 1.74 bits per heavy atom. The minimum atomic E-state index is 0.165. The van der Waals surface area contributed by atoms with Crippen LogP contribution in [-0.4, -0.2) is 4.98 Å². The van der Waals surface area contributed by atoms with E-state index >= 15 is 0 Å². The van der Waals surface area contributed by atoms with E-state index < -0.39 is 0 Å². The molecule has 0 N–H and O–H groups in total. The van der Waals surface area contributed by atoms with Crippen molar-refractivity contribution in [1.82, 2.24) is 4.98 Å². The average molecular weight is 250 g/mol. The molecule has 1 aliphatic carbocycles. The molecule has 2 heteroatoms. The fourth-order valence-electron chi connectivity index (χ4n) is 3.85. The summed E-state index contributed by atoms with van der Waals surface area (Å²) in [6.45, 7) is 1.01. The molecule has 19 heavy (non-hydrogen) atoms. The minimum Gasteiger partial charge on any atom is -0.356 e. The lowest BCUT2D eigenvalue weighted by molar-refractivity contribution is 0.428. The van der Waals surface area contributed by atoms with Gasteiger partial charge in [-0.25, -0.2) is 0 Å². The lowest BCUT2D eigenvalue weighted by Crippen LogP contribution is -2.39. The highest BCUT2D eigenvalue weighted by molar-refractivity contribution is 5.56. The summed E-state index contributed by atoms with van der Waals surface area (Å²) in [5.41, 5.74) is 4.24. The summed E-state index contributed by atoms with van der Waals surface area (Å²) in [5.74, 6) is 0. The number of nitrogens with zero attached hydrogens (tertiary/aromatic N) is 2. The summed E-state index contributed by atoms with van der Waals surface area (Å²) in [4.78, 5) is 7.31. The van der Waals surface area contributed by atoms with Gasteiger partial charge in [0.25, 0.3) is 0 Å². The normalized spacial score (nSPS) is 19.9. The molecule has 2 aromatic rings. The summed E-state index contributed by atoms with van der Waals surface area (Å²) in [5, 5.41) is 0. The molecule has 2 heterocycles. The minimum absolute atomic E-state index is 0.165. The van der Waals surface area contributed by atoms with Crippen LogP contribution in [0.15, 0.2) is 48.7 Å². The molecule has 1 aromatic heterocycles. The molecule has 1 saturated carbocycles. The molecule has 0 bridgehead atoms. The molecule has 0 saturated heterocycles. The van der Waals surface area contributed by atoms with Crippen molar-refractivity contribution in [1.29, 1.82) is 0 Å². The second kappa shape index (κ2) is 4.09. The Bertz CT molecular complexity index is 585. The van der Waals surface area contributed by atoms with E-state index in [1.54, 1.807) is 0 Å². The van der Waals surface area contributed by atoms with Crippen molar-refractivity contribution < 1.29 is 0 Å². The highest BCUT2D eigenvalue weighted by Gasteiger charge is 2.47. The molecule has 0 atom stereocenters. The number of aromatic nitrogens is 1. The number of para-hydroxylation sites is 1. The van der Waals surface area contributed by atoms with Gasteiger partial charge in [-0.2, -0.15) is 0 Å². The number of fused-ring (bicyclic) bond motifs is 2. The van der Waals surface area contributed by atoms with Gasteiger partial charge in [0.1, 0.15) is 0 Å². The first kappa shape index (κ1) is 11.0. The Morgan fingerprint density at radius 3 is 2.53 bits per heavy atom. The van der Waals surface area contributed by atoms with E-state index in [1.807, 2.05) is 6.20 Å². The highest BCUT2D eigenvalue weighted by atomic mass is 15.2. The molecule has 4 rings (SSSR count). The Kier molecular flexibility index (Phi) is 2.37. The predicted molar refractivity (Wildman–Crippen MR) is 77.0 cm³/mol. The molecule has 1 spiro atoms. The van der Waals surface area contributed by atoms with Gasteiger partial charge in [-0.3, -0.25) is 4.98 Å². The van der Waals surface area contributed by atoms with Crippen molar-refractivity contribution >= 4 is 5.69 Å². The van der Waals surface area contributed by atoms with Gasteiger partial charge in [0.2, 0.25) is 0 Å². The Balaban J connectivity index is 1.86. The maximum atomic E-state index is 4.73. The zero-order chi connectivity index (χ0) is 12.7. The third kappa shape index (κ3) is 1.52. The van der Waals surface area contributed by atoms with Gasteiger partial charge in [0, 0.05) is 18.4 Å². The van der Waals surface area contributed by atoms with E-state index in [-0.39, 0.29) is 5.54 Å². The topological polar surface area (TPSA) is 16.1 Å². The van der Waals surface area contributed by atoms with Gasteiger partial charge in [-0.15, -0.1) is 0 Å². The lowest BCUT2D eigenvalue weighted by Gasteiger charge is -2.37. The van der Waals surface area contributed by atoms with Crippen LogP contribution in [0.3, 0.4) is 0 Å². The molecule has 0 unspecified atom stereocenters. The molecular formula is C17H18N2. The molecule has 2 nitrogen and oxygen atoms in total. The van der Waals surface area contributed by atoms with Crippen LogP contribution in [0.1, 0.15) is 36.9 Å². The maximum Gasteiger partial charge on any atom is 0.0831 e. The van der Waals surface area contributed by atoms with Crippen LogP contribution < -0.4 is 4.90 Å². The van der Waals surface area contributed by atoms with Crippen molar-refractivity contribution in [2.75, 3.05) is 4.90 Å². The number of hydrogen-bond acceptors (Lipinski definition) is 2. The molecule has 0 radical (unpaired) electrons. The van der Waals surface area contributed by atoms with Crippen LogP contribution in [0.5, 0.6) is 0 Å². The van der Waals surface area contributed by atoms with Crippen molar-refractivity contribution in [2.24, 2.45) is 0 Å². The summed E-state index contributed by atoms with van der Waals surface area (Å²) in [7, 11) is 0. The smallest absolute Gasteiger partial charge is 0.0831 e. The van der Waals surface area contributed by atoms with E-state index in [0.29, 0.717) is 0 Å². The third-order valence-electron chi connectivity index (χ3n) is 4.68. The van der Waals surface area contributed by atoms with E-state index in [4.69, 9.17) is 4.98 Å². The van der Waals surface area contributed by atoms with Crippen LogP contribution in [0.25, 0.3) is 0 Å². The quantitative estimate of drug-likeness (QED) is 0.763. The molecule has 1 aliphatic heterocycles.